The van der Waals surface area contributed by atoms with Gasteiger partial charge in [-0.1, -0.05) is 35.3 Å². The molecule has 0 spiro atoms. The third kappa shape index (κ3) is 3.09. The molecule has 1 N–H and O–H groups in total. The summed E-state index contributed by atoms with van der Waals surface area (Å²) in [6.07, 6.45) is 0.942. The van der Waals surface area contributed by atoms with Crippen LogP contribution in [0.15, 0.2) is 36.4 Å². The topological polar surface area (TPSA) is 21.3 Å². The minimum atomic E-state index is 0.732. The zero-order chi connectivity index (χ0) is 13.9. The second kappa shape index (κ2) is 6.04. The molecular formula is C16H15Cl2NO. The average molecular weight is 308 g/mol. The van der Waals surface area contributed by atoms with Crippen LogP contribution in [0, 0.1) is 0 Å². The molecule has 0 saturated heterocycles. The molecular weight excluding hydrogens is 293 g/mol. The molecule has 2 aromatic carbocycles. The molecule has 104 valence electrons. The van der Waals surface area contributed by atoms with Gasteiger partial charge in [0.05, 0.1) is 6.61 Å². The summed E-state index contributed by atoms with van der Waals surface area (Å²) in [7, 11) is 0. The molecule has 4 heteroatoms. The summed E-state index contributed by atoms with van der Waals surface area (Å²) >= 11 is 12.1. The highest BCUT2D eigenvalue weighted by molar-refractivity contribution is 6.31. The lowest BCUT2D eigenvalue weighted by Gasteiger charge is -2.10. The van der Waals surface area contributed by atoms with Crippen molar-refractivity contribution in [2.45, 2.75) is 19.5 Å². The largest absolute Gasteiger partial charge is 0.493 e. The van der Waals surface area contributed by atoms with Gasteiger partial charge in [-0.2, -0.15) is 0 Å². The van der Waals surface area contributed by atoms with Crippen molar-refractivity contribution in [2.24, 2.45) is 0 Å². The summed E-state index contributed by atoms with van der Waals surface area (Å²) in [4.78, 5) is 0. The normalized spacial score (nSPS) is 13.1. The predicted molar refractivity (Wildman–Crippen MR) is 82.6 cm³/mol. The number of ether oxygens (including phenoxy) is 1. The first-order chi connectivity index (χ1) is 9.72. The standard InChI is InChI=1S/C16H15Cl2NO/c17-14-3-1-2-11(6-14)9-19-10-13-8-15(18)7-12-4-5-20-16(12)13/h1-3,6-8,19H,4-5,9-10H2. The molecule has 0 radical (unpaired) electrons. The van der Waals surface area contributed by atoms with E-state index in [1.54, 1.807) is 0 Å². The summed E-state index contributed by atoms with van der Waals surface area (Å²) in [5, 5.41) is 4.94. The number of hydrogen-bond acceptors (Lipinski definition) is 2. The van der Waals surface area contributed by atoms with Crippen LogP contribution >= 0.6 is 23.2 Å². The second-order valence-corrected chi connectivity index (χ2v) is 5.76. The maximum atomic E-state index is 6.14. The summed E-state index contributed by atoms with van der Waals surface area (Å²) < 4.78 is 5.69. The number of rotatable bonds is 4. The van der Waals surface area contributed by atoms with Gasteiger partial charge in [-0.25, -0.2) is 0 Å². The lowest BCUT2D eigenvalue weighted by molar-refractivity contribution is 0.352. The van der Waals surface area contributed by atoms with E-state index in [4.69, 9.17) is 27.9 Å². The Kier molecular flexibility index (Phi) is 4.16. The molecule has 1 aliphatic rings. The molecule has 2 aromatic rings. The van der Waals surface area contributed by atoms with Gasteiger partial charge in [0, 0.05) is 35.1 Å². The Balaban J connectivity index is 1.67. The van der Waals surface area contributed by atoms with Crippen molar-refractivity contribution in [2.75, 3.05) is 6.61 Å². The molecule has 0 saturated carbocycles. The quantitative estimate of drug-likeness (QED) is 0.913. The van der Waals surface area contributed by atoms with Crippen molar-refractivity contribution in [3.63, 3.8) is 0 Å². The van der Waals surface area contributed by atoms with Gasteiger partial charge in [0.25, 0.3) is 0 Å². The zero-order valence-electron chi connectivity index (χ0n) is 11.0. The molecule has 0 unspecified atom stereocenters. The van der Waals surface area contributed by atoms with E-state index >= 15 is 0 Å². The lowest BCUT2D eigenvalue weighted by atomic mass is 10.1. The SMILES string of the molecule is Clc1cccc(CNCc2cc(Cl)cc3c2OCC3)c1. The van der Waals surface area contributed by atoms with Gasteiger partial charge < -0.3 is 10.1 Å². The molecule has 0 fully saturated rings. The van der Waals surface area contributed by atoms with Crippen LogP contribution < -0.4 is 10.1 Å². The van der Waals surface area contributed by atoms with Gasteiger partial charge in [0.15, 0.2) is 0 Å². The van der Waals surface area contributed by atoms with Crippen molar-refractivity contribution in [1.29, 1.82) is 0 Å². The molecule has 1 aliphatic heterocycles. The highest BCUT2D eigenvalue weighted by Crippen LogP contribution is 2.32. The highest BCUT2D eigenvalue weighted by atomic mass is 35.5. The van der Waals surface area contributed by atoms with Crippen molar-refractivity contribution in [3.05, 3.63) is 63.1 Å². The number of nitrogens with one attached hydrogen (secondary N) is 1. The molecule has 0 bridgehead atoms. The Labute approximate surface area is 128 Å². The summed E-state index contributed by atoms with van der Waals surface area (Å²) in [6, 6.07) is 11.8. The second-order valence-electron chi connectivity index (χ2n) is 4.89. The first-order valence-corrected chi connectivity index (χ1v) is 7.37. The van der Waals surface area contributed by atoms with Gasteiger partial charge in [0.1, 0.15) is 5.75 Å². The molecule has 3 rings (SSSR count). The van der Waals surface area contributed by atoms with Crippen LogP contribution in [0.5, 0.6) is 5.75 Å². The Bertz CT molecular complexity index is 628. The Morgan fingerprint density at radius 1 is 1.05 bits per heavy atom. The Morgan fingerprint density at radius 2 is 1.95 bits per heavy atom. The van der Waals surface area contributed by atoms with Crippen molar-refractivity contribution >= 4 is 23.2 Å². The van der Waals surface area contributed by atoms with E-state index < -0.39 is 0 Å². The average Bonchev–Trinajstić information content (AvgIpc) is 2.87. The van der Waals surface area contributed by atoms with Crippen molar-refractivity contribution in [1.82, 2.24) is 5.32 Å². The maximum absolute atomic E-state index is 6.14. The summed E-state index contributed by atoms with van der Waals surface area (Å²) in [5.74, 6) is 0.994. The number of benzene rings is 2. The maximum Gasteiger partial charge on any atom is 0.127 e. The van der Waals surface area contributed by atoms with Crippen LogP contribution in [0.4, 0.5) is 0 Å². The smallest absolute Gasteiger partial charge is 0.127 e. The van der Waals surface area contributed by atoms with Crippen LogP contribution in [-0.2, 0) is 19.5 Å². The van der Waals surface area contributed by atoms with Crippen LogP contribution in [-0.4, -0.2) is 6.61 Å². The van der Waals surface area contributed by atoms with E-state index in [1.165, 1.54) is 5.56 Å². The van der Waals surface area contributed by atoms with Gasteiger partial charge in [0.2, 0.25) is 0 Å². The van der Waals surface area contributed by atoms with Gasteiger partial charge >= 0.3 is 0 Å². The van der Waals surface area contributed by atoms with Gasteiger partial charge in [-0.05, 0) is 35.4 Å². The zero-order valence-corrected chi connectivity index (χ0v) is 12.5. The van der Waals surface area contributed by atoms with E-state index in [-0.39, 0.29) is 0 Å². The fourth-order valence-electron chi connectivity index (χ4n) is 2.47. The first-order valence-electron chi connectivity index (χ1n) is 6.61. The third-order valence-corrected chi connectivity index (χ3v) is 3.81. The molecule has 1 heterocycles. The Morgan fingerprint density at radius 3 is 2.80 bits per heavy atom. The van der Waals surface area contributed by atoms with Crippen molar-refractivity contribution < 1.29 is 4.74 Å². The van der Waals surface area contributed by atoms with E-state index in [0.29, 0.717) is 0 Å². The minimum absolute atomic E-state index is 0.732. The number of halogens is 2. The minimum Gasteiger partial charge on any atom is -0.493 e. The first kappa shape index (κ1) is 13.7. The fourth-order valence-corrected chi connectivity index (χ4v) is 2.94. The molecule has 0 atom stereocenters. The van der Waals surface area contributed by atoms with Gasteiger partial charge in [-0.3, -0.25) is 0 Å². The third-order valence-electron chi connectivity index (χ3n) is 3.36. The van der Waals surface area contributed by atoms with Crippen molar-refractivity contribution in [3.8, 4) is 5.75 Å². The van der Waals surface area contributed by atoms with Crippen LogP contribution in [0.2, 0.25) is 10.0 Å². The molecule has 2 nitrogen and oxygen atoms in total. The Hall–Kier alpha value is -1.22. The number of hydrogen-bond donors (Lipinski definition) is 1. The highest BCUT2D eigenvalue weighted by Gasteiger charge is 2.17. The number of fused-ring (bicyclic) bond motifs is 1. The van der Waals surface area contributed by atoms with E-state index in [2.05, 4.69) is 11.4 Å². The van der Waals surface area contributed by atoms with Crippen LogP contribution in [0.1, 0.15) is 16.7 Å². The van der Waals surface area contributed by atoms with E-state index in [1.807, 2.05) is 30.3 Å². The molecule has 0 aromatic heterocycles. The van der Waals surface area contributed by atoms with Crippen LogP contribution in [0.25, 0.3) is 0 Å². The van der Waals surface area contributed by atoms with E-state index in [9.17, 15) is 0 Å². The molecule has 0 aliphatic carbocycles. The van der Waals surface area contributed by atoms with E-state index in [0.717, 1.165) is 53.0 Å². The monoisotopic (exact) mass is 307 g/mol. The summed E-state index contributed by atoms with van der Waals surface area (Å²) in [6.45, 7) is 2.24. The summed E-state index contributed by atoms with van der Waals surface area (Å²) in [5.41, 5.74) is 3.49. The fraction of sp³-hybridized carbons (Fsp3) is 0.250. The van der Waals surface area contributed by atoms with Gasteiger partial charge in [-0.15, -0.1) is 0 Å². The molecule has 0 amide bonds. The molecule has 20 heavy (non-hydrogen) atoms. The predicted octanol–water partition coefficient (Wildman–Crippen LogP) is 4.22. The lowest BCUT2D eigenvalue weighted by Crippen LogP contribution is -2.13. The van der Waals surface area contributed by atoms with Crippen LogP contribution in [0.3, 0.4) is 0 Å².